The van der Waals surface area contributed by atoms with Crippen molar-refractivity contribution in [3.05, 3.63) is 87.7 Å². The van der Waals surface area contributed by atoms with Crippen molar-refractivity contribution in [1.82, 2.24) is 20.3 Å². The highest BCUT2D eigenvalue weighted by molar-refractivity contribution is 6.07. The number of amides is 2. The minimum atomic E-state index is -2.02. The van der Waals surface area contributed by atoms with Crippen molar-refractivity contribution in [3.8, 4) is 0 Å². The summed E-state index contributed by atoms with van der Waals surface area (Å²) in [5.41, 5.74) is 0.486. The van der Waals surface area contributed by atoms with Crippen LogP contribution in [0.3, 0.4) is 0 Å². The number of nitrogens with one attached hydrogen (secondary N) is 1. The number of piperazine rings is 1. The van der Waals surface area contributed by atoms with E-state index in [2.05, 4.69) is 15.6 Å². The number of carbonyl (C=O) groups excluding carboxylic acids is 2. The van der Waals surface area contributed by atoms with Gasteiger partial charge in [0.25, 0.3) is 11.6 Å². The summed E-state index contributed by atoms with van der Waals surface area (Å²) in [6.07, 6.45) is 6.27. The minimum absolute atomic E-state index is 0.0132. The van der Waals surface area contributed by atoms with E-state index < -0.39 is 22.3 Å². The van der Waals surface area contributed by atoms with Crippen molar-refractivity contribution in [2.24, 2.45) is 5.92 Å². The molecule has 1 saturated heterocycles. The van der Waals surface area contributed by atoms with Crippen molar-refractivity contribution < 1.29 is 24.7 Å². The first-order chi connectivity index (χ1) is 20.2. The van der Waals surface area contributed by atoms with Gasteiger partial charge in [-0.15, -0.1) is 5.10 Å². The van der Waals surface area contributed by atoms with E-state index in [0.717, 1.165) is 11.3 Å². The van der Waals surface area contributed by atoms with Crippen LogP contribution in [-0.4, -0.2) is 68.2 Å². The summed E-state index contributed by atoms with van der Waals surface area (Å²) < 4.78 is 1.65. The second kappa shape index (κ2) is 12.2. The lowest BCUT2D eigenvalue weighted by molar-refractivity contribution is -0.385. The molecule has 0 radical (unpaired) electrons. The number of benzene rings is 2. The standard InChI is InChI=1S/C29H33N7O6/c1-20(5-2-3-12-33-19-22(10-14-37)31-32-33)29(40)25-16-24(36(41)42)8-9-26(25)35(28(29)39)18-21-6-4-7-23(15-21)34-13-11-30-17-27(34)38/h2,4-9,15-16,19-20,30,37,40H,3,10-14,17-18H2,1H3/b5-2+/t20-,29+/m0/s1. The number of carbonyl (C=O) groups is 2. The Morgan fingerprint density at radius 3 is 2.83 bits per heavy atom. The monoisotopic (exact) mass is 575 g/mol. The van der Waals surface area contributed by atoms with Crippen LogP contribution in [0.25, 0.3) is 0 Å². The Hall–Kier alpha value is -4.46. The third-order valence-corrected chi connectivity index (χ3v) is 7.68. The summed E-state index contributed by atoms with van der Waals surface area (Å²) in [5, 5.41) is 43.6. The van der Waals surface area contributed by atoms with Crippen LogP contribution in [0.5, 0.6) is 0 Å². The Labute approximate surface area is 242 Å². The molecule has 42 heavy (non-hydrogen) atoms. The highest BCUT2D eigenvalue weighted by Crippen LogP contribution is 2.47. The molecule has 13 heteroatoms. The Morgan fingerprint density at radius 1 is 1.24 bits per heavy atom. The predicted molar refractivity (Wildman–Crippen MR) is 154 cm³/mol. The van der Waals surface area contributed by atoms with Crippen LogP contribution in [0.1, 0.15) is 30.2 Å². The van der Waals surface area contributed by atoms with Gasteiger partial charge >= 0.3 is 0 Å². The number of allylic oxidation sites excluding steroid dienone is 1. The van der Waals surface area contributed by atoms with Crippen LogP contribution >= 0.6 is 0 Å². The third kappa shape index (κ3) is 5.66. The van der Waals surface area contributed by atoms with Gasteiger partial charge in [-0.1, -0.05) is 36.4 Å². The molecule has 2 aliphatic rings. The Morgan fingerprint density at radius 2 is 2.07 bits per heavy atom. The Kier molecular flexibility index (Phi) is 8.43. The van der Waals surface area contributed by atoms with Gasteiger partial charge in [-0.25, -0.2) is 0 Å². The molecule has 3 heterocycles. The van der Waals surface area contributed by atoms with Gasteiger partial charge in [0.1, 0.15) is 0 Å². The van der Waals surface area contributed by atoms with E-state index in [0.29, 0.717) is 43.9 Å². The predicted octanol–water partition coefficient (Wildman–Crippen LogP) is 1.67. The molecule has 0 aliphatic carbocycles. The molecule has 2 aliphatic heterocycles. The van der Waals surface area contributed by atoms with Crippen LogP contribution < -0.4 is 15.1 Å². The van der Waals surface area contributed by atoms with E-state index in [1.165, 1.54) is 23.1 Å². The molecular formula is C29H33N7O6. The van der Waals surface area contributed by atoms with Crippen molar-refractivity contribution in [2.45, 2.75) is 38.5 Å². The minimum Gasteiger partial charge on any atom is -0.396 e. The number of anilines is 2. The van der Waals surface area contributed by atoms with E-state index in [-0.39, 0.29) is 36.9 Å². The van der Waals surface area contributed by atoms with Gasteiger partial charge in [0.05, 0.1) is 29.4 Å². The molecule has 1 fully saturated rings. The summed E-state index contributed by atoms with van der Waals surface area (Å²) >= 11 is 0. The topological polar surface area (TPSA) is 167 Å². The van der Waals surface area contributed by atoms with Crippen molar-refractivity contribution >= 4 is 28.9 Å². The normalized spacial score (nSPS) is 19.5. The molecule has 0 saturated carbocycles. The number of fused-ring (bicyclic) bond motifs is 1. The molecule has 5 rings (SSSR count). The average molecular weight is 576 g/mol. The number of nitrogens with zero attached hydrogens (tertiary/aromatic N) is 6. The number of non-ortho nitro benzene ring substituents is 1. The molecule has 2 aromatic carbocycles. The zero-order valence-electron chi connectivity index (χ0n) is 23.2. The maximum absolute atomic E-state index is 13.9. The number of aryl methyl sites for hydroxylation is 1. The van der Waals surface area contributed by atoms with Gasteiger partial charge in [0.15, 0.2) is 5.60 Å². The van der Waals surface area contributed by atoms with Gasteiger partial charge in [0.2, 0.25) is 5.91 Å². The number of rotatable bonds is 11. The fourth-order valence-electron chi connectivity index (χ4n) is 5.41. The summed E-state index contributed by atoms with van der Waals surface area (Å²) in [6, 6.07) is 11.4. The van der Waals surface area contributed by atoms with Gasteiger partial charge in [-0.3, -0.25) is 24.4 Å². The molecule has 1 aromatic heterocycles. The molecule has 2 amide bonds. The number of nitro benzene ring substituents is 1. The zero-order valence-corrected chi connectivity index (χ0v) is 23.2. The van der Waals surface area contributed by atoms with Crippen molar-refractivity contribution in [2.75, 3.05) is 36.0 Å². The first-order valence-electron chi connectivity index (χ1n) is 13.8. The largest absolute Gasteiger partial charge is 0.396 e. The lowest BCUT2D eigenvalue weighted by Crippen LogP contribution is -2.48. The van der Waals surface area contributed by atoms with Crippen LogP contribution in [0.2, 0.25) is 0 Å². The Bertz CT molecular complexity index is 1520. The van der Waals surface area contributed by atoms with E-state index >= 15 is 0 Å². The summed E-state index contributed by atoms with van der Waals surface area (Å²) in [5.74, 6) is -1.33. The molecule has 2 atom stereocenters. The van der Waals surface area contributed by atoms with Crippen molar-refractivity contribution in [1.29, 1.82) is 0 Å². The maximum atomic E-state index is 13.9. The van der Waals surface area contributed by atoms with E-state index in [1.807, 2.05) is 30.3 Å². The second-order valence-electron chi connectivity index (χ2n) is 10.5. The summed E-state index contributed by atoms with van der Waals surface area (Å²) in [7, 11) is 0. The highest BCUT2D eigenvalue weighted by atomic mass is 16.6. The fourth-order valence-corrected chi connectivity index (χ4v) is 5.41. The molecular weight excluding hydrogens is 542 g/mol. The third-order valence-electron chi connectivity index (χ3n) is 7.68. The molecule has 220 valence electrons. The van der Waals surface area contributed by atoms with E-state index in [9.17, 15) is 24.8 Å². The quantitative estimate of drug-likeness (QED) is 0.175. The zero-order chi connectivity index (χ0) is 29.9. The second-order valence-corrected chi connectivity index (χ2v) is 10.5. The van der Waals surface area contributed by atoms with Crippen molar-refractivity contribution in [3.63, 3.8) is 0 Å². The SMILES string of the molecule is C[C@@H](/C=C/CCn1cc(CCO)nn1)[C@]1(O)C(=O)N(Cc2cccc(N3CCNCC3=O)c2)c2ccc([N+](=O)[O-])cc21. The first kappa shape index (κ1) is 29.0. The smallest absolute Gasteiger partial charge is 0.269 e. The average Bonchev–Trinajstić information content (AvgIpc) is 3.52. The number of hydrogen-bond acceptors (Lipinski definition) is 9. The number of aliphatic hydroxyl groups is 2. The van der Waals surface area contributed by atoms with Gasteiger partial charge < -0.3 is 25.3 Å². The number of aliphatic hydroxyl groups excluding tert-OH is 1. The lowest BCUT2D eigenvalue weighted by atomic mass is 9.82. The molecule has 3 N–H and O–H groups in total. The molecule has 3 aromatic rings. The summed E-state index contributed by atoms with van der Waals surface area (Å²) in [6.45, 7) is 3.76. The maximum Gasteiger partial charge on any atom is 0.269 e. The van der Waals surface area contributed by atoms with Crippen LogP contribution in [0.15, 0.2) is 60.8 Å². The lowest BCUT2D eigenvalue weighted by Gasteiger charge is -2.29. The van der Waals surface area contributed by atoms with E-state index in [1.54, 1.807) is 28.8 Å². The Balaban J connectivity index is 1.38. The molecule has 0 bridgehead atoms. The summed E-state index contributed by atoms with van der Waals surface area (Å²) in [4.78, 5) is 40.5. The van der Waals surface area contributed by atoms with Gasteiger partial charge in [-0.05, 0) is 30.2 Å². The van der Waals surface area contributed by atoms with E-state index in [4.69, 9.17) is 5.11 Å². The van der Waals surface area contributed by atoms with Crippen LogP contribution in [0, 0.1) is 16.0 Å². The van der Waals surface area contributed by atoms with Crippen LogP contribution in [-0.2, 0) is 34.7 Å². The van der Waals surface area contributed by atoms with Gasteiger partial charge in [0, 0.05) is 68.2 Å². The number of hydrogen-bond donors (Lipinski definition) is 3. The van der Waals surface area contributed by atoms with Crippen LogP contribution in [0.4, 0.5) is 17.1 Å². The molecule has 0 spiro atoms. The molecule has 13 nitrogen and oxygen atoms in total. The highest BCUT2D eigenvalue weighted by Gasteiger charge is 2.53. The molecule has 0 unspecified atom stereocenters. The van der Waals surface area contributed by atoms with Gasteiger partial charge in [-0.2, -0.15) is 0 Å². The first-order valence-corrected chi connectivity index (χ1v) is 13.8. The fraction of sp³-hybridized carbons (Fsp3) is 0.379. The number of aromatic nitrogens is 3. The number of nitro groups is 1.